The van der Waals surface area contributed by atoms with Crippen LogP contribution in [0.15, 0.2) is 60.7 Å². The molecule has 0 spiro atoms. The average molecular weight is 241 g/mol. The van der Waals surface area contributed by atoms with Gasteiger partial charge in [0.15, 0.2) is 0 Å². The summed E-state index contributed by atoms with van der Waals surface area (Å²) < 4.78 is 5.97. The molecular weight excluding hydrogens is 222 g/mol. The molecule has 0 amide bonds. The molecule has 2 N–H and O–H groups in total. The van der Waals surface area contributed by atoms with Crippen LogP contribution in [0, 0.1) is 0 Å². The third-order valence-corrected chi connectivity index (χ3v) is 2.84. The Morgan fingerprint density at radius 1 is 0.833 bits per heavy atom. The van der Waals surface area contributed by atoms with Gasteiger partial charge < -0.3 is 10.5 Å². The normalized spacial score (nSPS) is 10.8. The minimum absolute atomic E-state index is 0.000972. The van der Waals surface area contributed by atoms with E-state index in [1.807, 2.05) is 36.4 Å². The molecule has 0 fully saturated rings. The number of hydrogen-bond acceptors (Lipinski definition) is 2. The second-order valence-electron chi connectivity index (χ2n) is 4.21. The first kappa shape index (κ1) is 12.8. The van der Waals surface area contributed by atoms with Crippen molar-refractivity contribution in [2.75, 3.05) is 13.2 Å². The molecule has 0 aromatic heterocycles. The van der Waals surface area contributed by atoms with Crippen LogP contribution in [0.2, 0.25) is 0 Å². The maximum atomic E-state index is 5.97. The number of nitrogens with two attached hydrogens (primary N) is 1. The Hall–Kier alpha value is -1.64. The first-order valence-electron chi connectivity index (χ1n) is 6.33. The predicted molar refractivity (Wildman–Crippen MR) is 74.4 cm³/mol. The van der Waals surface area contributed by atoms with E-state index in [-0.39, 0.29) is 6.10 Å². The van der Waals surface area contributed by atoms with Crippen LogP contribution >= 0.6 is 0 Å². The smallest absolute Gasteiger partial charge is 0.108 e. The summed E-state index contributed by atoms with van der Waals surface area (Å²) in [5.74, 6) is 0. The lowest BCUT2D eigenvalue weighted by molar-refractivity contribution is 0.0794. The van der Waals surface area contributed by atoms with Gasteiger partial charge in [-0.1, -0.05) is 60.7 Å². The zero-order chi connectivity index (χ0) is 12.6. The highest BCUT2D eigenvalue weighted by Crippen LogP contribution is 2.25. The molecule has 18 heavy (non-hydrogen) atoms. The summed E-state index contributed by atoms with van der Waals surface area (Å²) in [5, 5.41) is 0. The van der Waals surface area contributed by atoms with Gasteiger partial charge in [-0.15, -0.1) is 0 Å². The summed E-state index contributed by atoms with van der Waals surface area (Å²) in [5.41, 5.74) is 7.87. The first-order valence-corrected chi connectivity index (χ1v) is 6.33. The fraction of sp³-hybridized carbons (Fsp3) is 0.250. The summed E-state index contributed by atoms with van der Waals surface area (Å²) in [7, 11) is 0. The van der Waals surface area contributed by atoms with Crippen molar-refractivity contribution in [2.45, 2.75) is 12.5 Å². The highest BCUT2D eigenvalue weighted by molar-refractivity contribution is 5.29. The molecule has 0 saturated heterocycles. The van der Waals surface area contributed by atoms with Crippen molar-refractivity contribution in [2.24, 2.45) is 5.73 Å². The fourth-order valence-corrected chi connectivity index (χ4v) is 1.93. The molecule has 0 unspecified atom stereocenters. The van der Waals surface area contributed by atoms with E-state index in [4.69, 9.17) is 10.5 Å². The second kappa shape index (κ2) is 6.94. The lowest BCUT2D eigenvalue weighted by Crippen LogP contribution is -2.10. The maximum Gasteiger partial charge on any atom is 0.108 e. The summed E-state index contributed by atoms with van der Waals surface area (Å²) in [6, 6.07) is 20.6. The van der Waals surface area contributed by atoms with Crippen molar-refractivity contribution in [3.8, 4) is 0 Å². The van der Waals surface area contributed by atoms with E-state index >= 15 is 0 Å². The molecule has 0 atom stereocenters. The van der Waals surface area contributed by atoms with Gasteiger partial charge in [0.05, 0.1) is 0 Å². The summed E-state index contributed by atoms with van der Waals surface area (Å²) in [4.78, 5) is 0. The van der Waals surface area contributed by atoms with E-state index in [9.17, 15) is 0 Å². The molecule has 94 valence electrons. The Morgan fingerprint density at radius 2 is 1.33 bits per heavy atom. The molecule has 2 aromatic carbocycles. The van der Waals surface area contributed by atoms with Crippen molar-refractivity contribution >= 4 is 0 Å². The van der Waals surface area contributed by atoms with E-state index in [1.54, 1.807) is 0 Å². The molecule has 0 radical (unpaired) electrons. The van der Waals surface area contributed by atoms with Gasteiger partial charge >= 0.3 is 0 Å². The number of rotatable bonds is 6. The first-order chi connectivity index (χ1) is 8.92. The lowest BCUT2D eigenvalue weighted by atomic mass is 10.0. The molecular formula is C16H19NO. The number of ether oxygens (including phenoxy) is 1. The van der Waals surface area contributed by atoms with Crippen molar-refractivity contribution in [3.05, 3.63) is 71.8 Å². The molecule has 2 rings (SSSR count). The summed E-state index contributed by atoms with van der Waals surface area (Å²) in [6.45, 7) is 1.35. The largest absolute Gasteiger partial charge is 0.369 e. The lowest BCUT2D eigenvalue weighted by Gasteiger charge is -2.18. The van der Waals surface area contributed by atoms with Gasteiger partial charge in [0.1, 0.15) is 6.10 Å². The van der Waals surface area contributed by atoms with E-state index in [0.717, 1.165) is 6.42 Å². The van der Waals surface area contributed by atoms with Crippen LogP contribution in [0.3, 0.4) is 0 Å². The van der Waals surface area contributed by atoms with Crippen molar-refractivity contribution < 1.29 is 4.74 Å². The third kappa shape index (κ3) is 3.42. The van der Waals surface area contributed by atoms with Crippen LogP contribution in [0.1, 0.15) is 23.7 Å². The zero-order valence-corrected chi connectivity index (χ0v) is 10.5. The molecule has 2 heteroatoms. The number of benzene rings is 2. The van der Waals surface area contributed by atoms with E-state index < -0.39 is 0 Å². The van der Waals surface area contributed by atoms with Crippen LogP contribution in [0.25, 0.3) is 0 Å². The summed E-state index contributed by atoms with van der Waals surface area (Å²) >= 11 is 0. The van der Waals surface area contributed by atoms with Crippen LogP contribution in [-0.2, 0) is 4.74 Å². The van der Waals surface area contributed by atoms with Crippen LogP contribution in [0.4, 0.5) is 0 Å². The average Bonchev–Trinajstić information content (AvgIpc) is 2.46. The highest BCUT2D eigenvalue weighted by atomic mass is 16.5. The van der Waals surface area contributed by atoms with Gasteiger partial charge in [0.25, 0.3) is 0 Å². The Bertz CT molecular complexity index is 402. The minimum atomic E-state index is -0.000972. The molecule has 0 heterocycles. The Morgan fingerprint density at radius 3 is 1.78 bits per heavy atom. The van der Waals surface area contributed by atoms with Gasteiger partial charge in [0.2, 0.25) is 0 Å². The molecule has 0 aliphatic carbocycles. The highest BCUT2D eigenvalue weighted by Gasteiger charge is 2.13. The molecule has 0 aliphatic heterocycles. The molecule has 0 saturated carbocycles. The van der Waals surface area contributed by atoms with E-state index in [0.29, 0.717) is 13.2 Å². The Balaban J connectivity index is 2.18. The maximum absolute atomic E-state index is 5.97. The van der Waals surface area contributed by atoms with Crippen LogP contribution in [-0.4, -0.2) is 13.2 Å². The van der Waals surface area contributed by atoms with Gasteiger partial charge in [-0.2, -0.15) is 0 Å². The third-order valence-electron chi connectivity index (χ3n) is 2.84. The van der Waals surface area contributed by atoms with Crippen molar-refractivity contribution in [3.63, 3.8) is 0 Å². The Labute approximate surface area is 108 Å². The van der Waals surface area contributed by atoms with Crippen molar-refractivity contribution in [1.82, 2.24) is 0 Å². The fourth-order valence-electron chi connectivity index (χ4n) is 1.93. The van der Waals surface area contributed by atoms with Gasteiger partial charge in [-0.3, -0.25) is 0 Å². The molecule has 0 bridgehead atoms. The van der Waals surface area contributed by atoms with Gasteiger partial charge in [-0.25, -0.2) is 0 Å². The SMILES string of the molecule is NCCCOC(c1ccccc1)c1ccccc1. The molecule has 2 nitrogen and oxygen atoms in total. The topological polar surface area (TPSA) is 35.2 Å². The monoisotopic (exact) mass is 241 g/mol. The standard InChI is InChI=1S/C16H19NO/c17-12-7-13-18-16(14-8-3-1-4-9-14)15-10-5-2-6-11-15/h1-6,8-11,16H,7,12-13,17H2. The van der Waals surface area contributed by atoms with E-state index in [2.05, 4.69) is 24.3 Å². The molecule has 0 aliphatic rings. The van der Waals surface area contributed by atoms with Crippen molar-refractivity contribution in [1.29, 1.82) is 0 Å². The second-order valence-corrected chi connectivity index (χ2v) is 4.21. The summed E-state index contributed by atoms with van der Waals surface area (Å²) in [6.07, 6.45) is 0.884. The molecule has 2 aromatic rings. The number of hydrogen-bond donors (Lipinski definition) is 1. The van der Waals surface area contributed by atoms with Crippen LogP contribution < -0.4 is 5.73 Å². The predicted octanol–water partition coefficient (Wildman–Crippen LogP) is 3.14. The quantitative estimate of drug-likeness (QED) is 0.788. The zero-order valence-electron chi connectivity index (χ0n) is 10.5. The Kier molecular flexibility index (Phi) is 4.94. The van der Waals surface area contributed by atoms with Gasteiger partial charge in [0, 0.05) is 6.61 Å². The van der Waals surface area contributed by atoms with E-state index in [1.165, 1.54) is 11.1 Å². The van der Waals surface area contributed by atoms with Crippen LogP contribution in [0.5, 0.6) is 0 Å². The minimum Gasteiger partial charge on any atom is -0.369 e. The van der Waals surface area contributed by atoms with Gasteiger partial charge in [-0.05, 0) is 24.1 Å².